The van der Waals surface area contributed by atoms with Crippen LogP contribution in [0.25, 0.3) is 0 Å². The molecule has 1 aromatic carbocycles. The number of aliphatic hydroxyl groups excluding tert-OH is 1. The van der Waals surface area contributed by atoms with Crippen molar-refractivity contribution < 1.29 is 24.2 Å². The molecule has 3 saturated heterocycles. The first-order chi connectivity index (χ1) is 18.5. The first-order valence-corrected chi connectivity index (χ1v) is 13.9. The number of carbonyl (C=O) groups is 3. The molecule has 4 rings (SSSR count). The van der Waals surface area contributed by atoms with E-state index in [0.717, 1.165) is 5.56 Å². The molecule has 0 aromatic heterocycles. The van der Waals surface area contributed by atoms with Crippen LogP contribution in [0.5, 0.6) is 0 Å². The molecule has 3 unspecified atom stereocenters. The van der Waals surface area contributed by atoms with E-state index in [9.17, 15) is 19.5 Å². The number of benzene rings is 1. The Bertz CT molecular complexity index is 1120. The van der Waals surface area contributed by atoms with Gasteiger partial charge in [0, 0.05) is 26.7 Å². The number of aliphatic hydroxyl groups is 1. The minimum absolute atomic E-state index is 0.0588. The predicted molar refractivity (Wildman–Crippen MR) is 149 cm³/mol. The number of carbonyl (C=O) groups excluding carboxylic acids is 3. The lowest BCUT2D eigenvalue weighted by Gasteiger charge is -2.40. The van der Waals surface area contributed by atoms with Crippen LogP contribution in [-0.4, -0.2) is 87.6 Å². The molecule has 8 nitrogen and oxygen atoms in total. The first kappa shape index (κ1) is 29.0. The standard InChI is InChI=1S/C31H43N3O5/c1-8-15-32(7)27(36)24-25-28(37)34(23(19-35)20(3)4)26(31(25)17-21(5)30(24,6)39-31)29(38)33(16-9-2)18-22-13-11-10-12-14-22/h8-14,20-21,23-26,35H,1-2,15-19H2,3-7H3/t21?,23-,24+,25-,26?,30-,31?/m0/s1. The van der Waals surface area contributed by atoms with E-state index in [1.807, 2.05) is 58.0 Å². The van der Waals surface area contributed by atoms with Gasteiger partial charge in [0.1, 0.15) is 11.6 Å². The van der Waals surface area contributed by atoms with Crippen molar-refractivity contribution in [2.24, 2.45) is 23.7 Å². The van der Waals surface area contributed by atoms with Crippen molar-refractivity contribution in [3.8, 4) is 0 Å². The van der Waals surface area contributed by atoms with Gasteiger partial charge in [0.15, 0.2) is 0 Å². The highest BCUT2D eigenvalue weighted by Crippen LogP contribution is 2.66. The second kappa shape index (κ2) is 10.9. The average molecular weight is 538 g/mol. The number of likely N-dealkylation sites (N-methyl/N-ethyl adjacent to an activating group) is 1. The van der Waals surface area contributed by atoms with Gasteiger partial charge < -0.3 is 24.5 Å². The molecule has 0 saturated carbocycles. The van der Waals surface area contributed by atoms with Gasteiger partial charge in [-0.3, -0.25) is 14.4 Å². The summed E-state index contributed by atoms with van der Waals surface area (Å²) in [5.74, 6) is -2.46. The van der Waals surface area contributed by atoms with Crippen LogP contribution in [0.3, 0.4) is 0 Å². The lowest BCUT2D eigenvalue weighted by Crippen LogP contribution is -2.59. The van der Waals surface area contributed by atoms with Crippen LogP contribution < -0.4 is 0 Å². The zero-order chi connectivity index (χ0) is 28.7. The average Bonchev–Trinajstić information content (AvgIpc) is 3.41. The molecule has 212 valence electrons. The molecule has 0 radical (unpaired) electrons. The molecule has 7 atom stereocenters. The number of amides is 3. The van der Waals surface area contributed by atoms with Gasteiger partial charge in [-0.25, -0.2) is 0 Å². The number of rotatable bonds is 11. The van der Waals surface area contributed by atoms with Crippen LogP contribution >= 0.6 is 0 Å². The van der Waals surface area contributed by atoms with Crippen LogP contribution in [0.4, 0.5) is 0 Å². The Morgan fingerprint density at radius 1 is 1.18 bits per heavy atom. The summed E-state index contributed by atoms with van der Waals surface area (Å²) >= 11 is 0. The minimum Gasteiger partial charge on any atom is -0.394 e. The highest BCUT2D eigenvalue weighted by atomic mass is 16.5. The number of ether oxygens (including phenoxy) is 1. The molecular weight excluding hydrogens is 494 g/mol. The number of hydrogen-bond donors (Lipinski definition) is 1. The van der Waals surface area contributed by atoms with Crippen molar-refractivity contribution in [2.75, 3.05) is 26.7 Å². The van der Waals surface area contributed by atoms with Crippen LogP contribution in [-0.2, 0) is 25.7 Å². The maximum Gasteiger partial charge on any atom is 0.249 e. The number of likely N-dealkylation sites (tertiary alicyclic amines) is 1. The van der Waals surface area contributed by atoms with Crippen molar-refractivity contribution in [3.63, 3.8) is 0 Å². The topological polar surface area (TPSA) is 90.4 Å². The van der Waals surface area contributed by atoms with Gasteiger partial charge in [0.2, 0.25) is 17.7 Å². The molecule has 3 aliphatic rings. The van der Waals surface area contributed by atoms with E-state index in [-0.39, 0.29) is 42.7 Å². The van der Waals surface area contributed by atoms with Gasteiger partial charge in [-0.15, -0.1) is 13.2 Å². The maximum absolute atomic E-state index is 14.6. The zero-order valence-electron chi connectivity index (χ0n) is 23.9. The molecule has 2 bridgehead atoms. The monoisotopic (exact) mass is 537 g/mol. The zero-order valence-corrected chi connectivity index (χ0v) is 23.9. The highest BCUT2D eigenvalue weighted by Gasteiger charge is 2.80. The van der Waals surface area contributed by atoms with E-state index >= 15 is 0 Å². The SMILES string of the molecule is C=CCN(C)C(=O)[C@H]1[C@H]2C(=O)N([C@@H](CO)C(C)C)C(C(=O)N(CC=C)Cc3ccccc3)C23CC(C)[C@]1(C)O3. The summed E-state index contributed by atoms with van der Waals surface area (Å²) in [6, 6.07) is 8.12. The molecular formula is C31H43N3O5. The quantitative estimate of drug-likeness (QED) is 0.439. The number of fused-ring (bicyclic) bond motifs is 1. The summed E-state index contributed by atoms with van der Waals surface area (Å²) < 4.78 is 6.84. The molecule has 1 N–H and O–H groups in total. The summed E-state index contributed by atoms with van der Waals surface area (Å²) in [4.78, 5) is 47.7. The highest BCUT2D eigenvalue weighted by molar-refractivity contribution is 5.99. The van der Waals surface area contributed by atoms with E-state index in [1.165, 1.54) is 0 Å². The van der Waals surface area contributed by atoms with Gasteiger partial charge >= 0.3 is 0 Å². The van der Waals surface area contributed by atoms with Gasteiger partial charge in [-0.1, -0.05) is 63.3 Å². The van der Waals surface area contributed by atoms with Crippen LogP contribution in [0.1, 0.15) is 39.7 Å². The molecule has 1 aromatic rings. The fourth-order valence-electron chi connectivity index (χ4n) is 7.20. The van der Waals surface area contributed by atoms with Crippen LogP contribution in [0.2, 0.25) is 0 Å². The fraction of sp³-hybridized carbons (Fsp3) is 0.581. The molecule has 8 heteroatoms. The third-order valence-corrected chi connectivity index (χ3v) is 9.22. The summed E-state index contributed by atoms with van der Waals surface area (Å²) in [6.07, 6.45) is 3.81. The van der Waals surface area contributed by atoms with Crippen molar-refractivity contribution in [3.05, 3.63) is 61.2 Å². The first-order valence-electron chi connectivity index (χ1n) is 13.9. The Morgan fingerprint density at radius 3 is 2.38 bits per heavy atom. The second-order valence-corrected chi connectivity index (χ2v) is 11.9. The van der Waals surface area contributed by atoms with Gasteiger partial charge in [0.25, 0.3) is 0 Å². The third kappa shape index (κ3) is 4.51. The van der Waals surface area contributed by atoms with E-state index in [0.29, 0.717) is 19.5 Å². The number of hydrogen-bond acceptors (Lipinski definition) is 5. The lowest BCUT2D eigenvalue weighted by molar-refractivity contribution is -0.158. The lowest BCUT2D eigenvalue weighted by atomic mass is 9.62. The molecule has 0 aliphatic carbocycles. The summed E-state index contributed by atoms with van der Waals surface area (Å²) in [7, 11) is 1.70. The van der Waals surface area contributed by atoms with Crippen molar-refractivity contribution in [1.29, 1.82) is 0 Å². The van der Waals surface area contributed by atoms with E-state index in [2.05, 4.69) is 13.2 Å². The predicted octanol–water partition coefficient (Wildman–Crippen LogP) is 2.87. The van der Waals surface area contributed by atoms with Crippen LogP contribution in [0.15, 0.2) is 55.6 Å². The fourth-order valence-corrected chi connectivity index (χ4v) is 7.20. The Morgan fingerprint density at radius 2 is 1.82 bits per heavy atom. The molecule has 39 heavy (non-hydrogen) atoms. The third-order valence-electron chi connectivity index (χ3n) is 9.22. The van der Waals surface area contributed by atoms with Gasteiger partial charge in [0.05, 0.1) is 30.1 Å². The van der Waals surface area contributed by atoms with Crippen molar-refractivity contribution in [2.45, 2.75) is 63.9 Å². The Hall–Kier alpha value is -2.97. The van der Waals surface area contributed by atoms with Gasteiger partial charge in [-0.2, -0.15) is 0 Å². The summed E-state index contributed by atoms with van der Waals surface area (Å²) in [5, 5.41) is 10.5. The van der Waals surface area contributed by atoms with E-state index in [1.54, 1.807) is 33.9 Å². The smallest absolute Gasteiger partial charge is 0.249 e. The number of nitrogens with zero attached hydrogens (tertiary/aromatic N) is 3. The van der Waals surface area contributed by atoms with E-state index in [4.69, 9.17) is 4.74 Å². The second-order valence-electron chi connectivity index (χ2n) is 11.9. The largest absolute Gasteiger partial charge is 0.394 e. The van der Waals surface area contributed by atoms with E-state index < -0.39 is 35.1 Å². The molecule has 1 spiro atoms. The molecule has 3 amide bonds. The van der Waals surface area contributed by atoms with Crippen molar-refractivity contribution in [1.82, 2.24) is 14.7 Å². The Balaban J connectivity index is 1.85. The molecule has 3 aliphatic heterocycles. The summed E-state index contributed by atoms with van der Waals surface area (Å²) in [5.41, 5.74) is -1.11. The normalized spacial score (nSPS) is 31.8. The van der Waals surface area contributed by atoms with Gasteiger partial charge in [-0.05, 0) is 30.7 Å². The Labute approximate surface area is 232 Å². The molecule has 3 fully saturated rings. The van der Waals surface area contributed by atoms with Crippen LogP contribution in [0, 0.1) is 23.7 Å². The van der Waals surface area contributed by atoms with Crippen molar-refractivity contribution >= 4 is 17.7 Å². The maximum atomic E-state index is 14.6. The molecule has 3 heterocycles. The summed E-state index contributed by atoms with van der Waals surface area (Å²) in [6.45, 7) is 16.1. The minimum atomic E-state index is -1.17. The Kier molecular flexibility index (Phi) is 8.11.